The van der Waals surface area contributed by atoms with E-state index in [1.165, 1.54) is 5.56 Å². The molecule has 2 aromatic carbocycles. The van der Waals surface area contributed by atoms with Crippen LogP contribution in [0.15, 0.2) is 48.5 Å². The maximum Gasteiger partial charge on any atom is 0.248 e. The zero-order valence-electron chi connectivity index (χ0n) is 20.2. The summed E-state index contributed by atoms with van der Waals surface area (Å²) in [4.78, 5) is 17.1. The Bertz CT molecular complexity index is 890. The summed E-state index contributed by atoms with van der Waals surface area (Å²) in [7, 11) is 6.62. The second kappa shape index (κ2) is 12.6. The number of hydrogen-bond acceptors (Lipinski definition) is 6. The lowest BCUT2D eigenvalue weighted by Crippen LogP contribution is -2.41. The molecule has 0 aliphatic carbocycles. The monoisotopic (exact) mass is 456 g/mol. The summed E-state index contributed by atoms with van der Waals surface area (Å²) in [5, 5.41) is 0. The highest BCUT2D eigenvalue weighted by atomic mass is 16.5. The molecule has 0 radical (unpaired) electrons. The van der Waals surface area contributed by atoms with E-state index in [1.807, 2.05) is 35.2 Å². The molecular formula is C26H36N2O5. The molecule has 0 bridgehead atoms. The van der Waals surface area contributed by atoms with Crippen molar-refractivity contribution in [3.63, 3.8) is 0 Å². The van der Waals surface area contributed by atoms with Gasteiger partial charge in [0.25, 0.3) is 0 Å². The lowest BCUT2D eigenvalue weighted by molar-refractivity contribution is -0.136. The highest BCUT2D eigenvalue weighted by Gasteiger charge is 2.37. The molecule has 2 unspecified atom stereocenters. The number of nitrogens with zero attached hydrogens (tertiary/aromatic N) is 2. The van der Waals surface area contributed by atoms with Gasteiger partial charge in [0.2, 0.25) is 5.91 Å². The zero-order valence-corrected chi connectivity index (χ0v) is 20.2. The van der Waals surface area contributed by atoms with Crippen LogP contribution in [0.3, 0.4) is 0 Å². The fourth-order valence-corrected chi connectivity index (χ4v) is 4.69. The Morgan fingerprint density at radius 1 is 0.939 bits per heavy atom. The molecule has 7 nitrogen and oxygen atoms in total. The Kier molecular flexibility index (Phi) is 9.54. The molecule has 1 aliphatic rings. The van der Waals surface area contributed by atoms with Crippen molar-refractivity contribution in [1.29, 1.82) is 0 Å². The molecule has 2 atom stereocenters. The van der Waals surface area contributed by atoms with Crippen LogP contribution in [0.25, 0.3) is 0 Å². The van der Waals surface area contributed by atoms with Gasteiger partial charge in [-0.3, -0.25) is 9.69 Å². The molecule has 0 spiro atoms. The predicted molar refractivity (Wildman–Crippen MR) is 128 cm³/mol. The van der Waals surface area contributed by atoms with Gasteiger partial charge in [0.15, 0.2) is 0 Å². The molecule has 1 saturated heterocycles. The minimum absolute atomic E-state index is 0.0171. The van der Waals surface area contributed by atoms with Crippen molar-refractivity contribution < 1.29 is 23.7 Å². The first kappa shape index (κ1) is 25.0. The molecule has 7 heteroatoms. The third kappa shape index (κ3) is 6.47. The normalized spacial score (nSPS) is 18.3. The molecule has 33 heavy (non-hydrogen) atoms. The maximum atomic E-state index is 12.7. The first-order chi connectivity index (χ1) is 16.1. The number of carbonyl (C=O) groups excluding carboxylic acids is 1. The number of amides is 1. The first-order valence-corrected chi connectivity index (χ1v) is 11.3. The van der Waals surface area contributed by atoms with Crippen molar-refractivity contribution in [2.75, 3.05) is 67.8 Å². The third-order valence-corrected chi connectivity index (χ3v) is 6.28. The number of likely N-dealkylation sites (tertiary alicyclic amines) is 1. The Hall–Kier alpha value is -2.61. The highest BCUT2D eigenvalue weighted by Crippen LogP contribution is 2.39. The summed E-state index contributed by atoms with van der Waals surface area (Å²) in [5.41, 5.74) is 2.34. The van der Waals surface area contributed by atoms with Crippen LogP contribution in [0, 0.1) is 5.92 Å². The SMILES string of the molecule is COCCN(CC1CN(Cc2ccccc2OC)CC1c1ccccc1OC)C(=O)COC. The van der Waals surface area contributed by atoms with E-state index in [0.717, 1.165) is 36.7 Å². The second-order valence-electron chi connectivity index (χ2n) is 8.38. The van der Waals surface area contributed by atoms with E-state index in [9.17, 15) is 4.79 Å². The Morgan fingerprint density at radius 2 is 1.64 bits per heavy atom. The van der Waals surface area contributed by atoms with Crippen LogP contribution < -0.4 is 9.47 Å². The van der Waals surface area contributed by atoms with Crippen LogP contribution in [-0.2, 0) is 20.8 Å². The van der Waals surface area contributed by atoms with Crippen molar-refractivity contribution in [2.45, 2.75) is 12.5 Å². The Labute approximate surface area is 197 Å². The standard InChI is InChI=1S/C26H36N2O5/c1-30-14-13-28(26(29)19-31-2)17-21-16-27(15-20-9-5-7-11-24(20)32-3)18-23(21)22-10-6-8-12-25(22)33-4/h5-12,21,23H,13-19H2,1-4H3. The smallest absolute Gasteiger partial charge is 0.248 e. The fourth-order valence-electron chi connectivity index (χ4n) is 4.69. The van der Waals surface area contributed by atoms with E-state index in [2.05, 4.69) is 23.1 Å². The van der Waals surface area contributed by atoms with Gasteiger partial charge in [0.05, 0.1) is 20.8 Å². The van der Waals surface area contributed by atoms with Crippen molar-refractivity contribution in [1.82, 2.24) is 9.80 Å². The molecule has 2 aromatic rings. The third-order valence-electron chi connectivity index (χ3n) is 6.28. The second-order valence-corrected chi connectivity index (χ2v) is 8.38. The quantitative estimate of drug-likeness (QED) is 0.489. The molecule has 0 aromatic heterocycles. The van der Waals surface area contributed by atoms with Crippen molar-refractivity contribution in [2.24, 2.45) is 5.92 Å². The number of rotatable bonds is 12. The molecule has 0 saturated carbocycles. The van der Waals surface area contributed by atoms with E-state index < -0.39 is 0 Å². The van der Waals surface area contributed by atoms with Crippen molar-refractivity contribution >= 4 is 5.91 Å². The summed E-state index contributed by atoms with van der Waals surface area (Å²) in [6.45, 7) is 4.27. The molecule has 180 valence electrons. The van der Waals surface area contributed by atoms with Crippen LogP contribution in [0.1, 0.15) is 17.0 Å². The zero-order chi connectivity index (χ0) is 23.6. The van der Waals surface area contributed by atoms with Crippen molar-refractivity contribution in [3.05, 3.63) is 59.7 Å². The summed E-state index contributed by atoms with van der Waals surface area (Å²) in [5.74, 6) is 2.24. The van der Waals surface area contributed by atoms with Crippen molar-refractivity contribution in [3.8, 4) is 11.5 Å². The largest absolute Gasteiger partial charge is 0.496 e. The molecule has 1 heterocycles. The number of benzene rings is 2. The molecule has 3 rings (SSSR count). The van der Waals surface area contributed by atoms with Gasteiger partial charge in [-0.25, -0.2) is 0 Å². The topological polar surface area (TPSA) is 60.5 Å². The fraction of sp³-hybridized carbons (Fsp3) is 0.500. The molecular weight excluding hydrogens is 420 g/mol. The summed E-state index contributed by atoms with van der Waals surface area (Å²) < 4.78 is 21.6. The number of ether oxygens (including phenoxy) is 4. The Balaban J connectivity index is 1.86. The van der Waals surface area contributed by atoms with E-state index in [-0.39, 0.29) is 24.3 Å². The van der Waals surface area contributed by atoms with Crippen LogP contribution >= 0.6 is 0 Å². The van der Waals surface area contributed by atoms with Gasteiger partial charge in [0.1, 0.15) is 18.1 Å². The molecule has 0 N–H and O–H groups in total. The summed E-state index contributed by atoms with van der Waals surface area (Å²) >= 11 is 0. The van der Waals surface area contributed by atoms with Crippen LogP contribution in [0.4, 0.5) is 0 Å². The highest BCUT2D eigenvalue weighted by molar-refractivity contribution is 5.77. The number of methoxy groups -OCH3 is 4. The van der Waals surface area contributed by atoms with Gasteiger partial charge in [-0.1, -0.05) is 36.4 Å². The van der Waals surface area contributed by atoms with E-state index in [4.69, 9.17) is 18.9 Å². The average molecular weight is 457 g/mol. The summed E-state index contributed by atoms with van der Waals surface area (Å²) in [6.07, 6.45) is 0. The van der Waals surface area contributed by atoms with Crippen LogP contribution in [0.2, 0.25) is 0 Å². The maximum absolute atomic E-state index is 12.7. The van der Waals surface area contributed by atoms with E-state index >= 15 is 0 Å². The van der Waals surface area contributed by atoms with Crippen LogP contribution in [0.5, 0.6) is 11.5 Å². The van der Waals surface area contributed by atoms with Gasteiger partial charge in [-0.2, -0.15) is 0 Å². The molecule has 1 aliphatic heterocycles. The number of carbonyl (C=O) groups is 1. The molecule has 1 amide bonds. The lowest BCUT2D eigenvalue weighted by atomic mass is 9.88. The van der Waals surface area contributed by atoms with Gasteiger partial charge >= 0.3 is 0 Å². The van der Waals surface area contributed by atoms with Gasteiger partial charge < -0.3 is 23.8 Å². The minimum atomic E-state index is -0.0171. The van der Waals surface area contributed by atoms with Gasteiger partial charge in [0, 0.05) is 58.4 Å². The summed E-state index contributed by atoms with van der Waals surface area (Å²) in [6, 6.07) is 16.3. The van der Waals surface area contributed by atoms with E-state index in [1.54, 1.807) is 28.4 Å². The van der Waals surface area contributed by atoms with Crippen LogP contribution in [-0.4, -0.2) is 83.5 Å². The molecule has 1 fully saturated rings. The van der Waals surface area contributed by atoms with Gasteiger partial charge in [-0.05, 0) is 23.6 Å². The van der Waals surface area contributed by atoms with Gasteiger partial charge in [-0.15, -0.1) is 0 Å². The average Bonchev–Trinajstić information content (AvgIpc) is 3.23. The van der Waals surface area contributed by atoms with E-state index in [0.29, 0.717) is 19.7 Å². The first-order valence-electron chi connectivity index (χ1n) is 11.3. The predicted octanol–water partition coefficient (Wildman–Crippen LogP) is 3.04. The Morgan fingerprint density at radius 3 is 2.33 bits per heavy atom. The number of para-hydroxylation sites is 2. The number of hydrogen-bond donors (Lipinski definition) is 0. The lowest BCUT2D eigenvalue weighted by Gasteiger charge is -2.29. The minimum Gasteiger partial charge on any atom is -0.496 e.